The Hall–Kier alpha value is -3.00. The fourth-order valence-electron chi connectivity index (χ4n) is 3.17. The molecule has 0 saturated carbocycles. The SMILES string of the molecule is O=C(NS(=O)(=O)c1ccc(Cl)cc1)N1CC(c2ccccc2)=C(c2ccc(Cl)cc2)N1. The third-order valence-corrected chi connectivity index (χ3v) is 6.55. The fourth-order valence-corrected chi connectivity index (χ4v) is 4.38. The number of carbonyl (C=O) groups is 1. The van der Waals surface area contributed by atoms with Crippen molar-refractivity contribution in [1.29, 1.82) is 0 Å². The maximum Gasteiger partial charge on any atom is 0.350 e. The Morgan fingerprint density at radius 3 is 2.03 bits per heavy atom. The van der Waals surface area contributed by atoms with E-state index >= 15 is 0 Å². The monoisotopic (exact) mass is 473 g/mol. The zero-order valence-corrected chi connectivity index (χ0v) is 18.4. The van der Waals surface area contributed by atoms with E-state index < -0.39 is 16.1 Å². The molecule has 0 fully saturated rings. The second kappa shape index (κ2) is 8.63. The molecular formula is C22H17Cl2N3O3S. The van der Waals surface area contributed by atoms with Gasteiger partial charge in [-0.1, -0.05) is 65.7 Å². The van der Waals surface area contributed by atoms with Crippen LogP contribution in [0, 0.1) is 0 Å². The van der Waals surface area contributed by atoms with Gasteiger partial charge < -0.3 is 0 Å². The highest BCUT2D eigenvalue weighted by Gasteiger charge is 2.30. The topological polar surface area (TPSA) is 78.5 Å². The summed E-state index contributed by atoms with van der Waals surface area (Å²) < 4.78 is 27.3. The normalized spacial score (nSPS) is 13.8. The Kier molecular flexibility index (Phi) is 5.91. The number of hydrazine groups is 1. The first-order valence-electron chi connectivity index (χ1n) is 9.24. The molecule has 3 aromatic rings. The van der Waals surface area contributed by atoms with Crippen molar-refractivity contribution in [2.45, 2.75) is 4.90 Å². The van der Waals surface area contributed by atoms with Crippen LogP contribution >= 0.6 is 23.2 Å². The van der Waals surface area contributed by atoms with Crippen LogP contribution in [0.25, 0.3) is 11.3 Å². The number of rotatable bonds is 4. The van der Waals surface area contributed by atoms with E-state index in [-0.39, 0.29) is 11.4 Å². The number of hydrogen-bond donors (Lipinski definition) is 2. The lowest BCUT2D eigenvalue weighted by atomic mass is 10.0. The Morgan fingerprint density at radius 2 is 1.42 bits per heavy atom. The lowest BCUT2D eigenvalue weighted by molar-refractivity contribution is 0.202. The van der Waals surface area contributed by atoms with E-state index in [1.807, 2.05) is 42.5 Å². The molecule has 3 aromatic carbocycles. The summed E-state index contributed by atoms with van der Waals surface area (Å²) in [5.74, 6) is 0. The summed E-state index contributed by atoms with van der Waals surface area (Å²) in [6, 6.07) is 21.5. The second-order valence-corrected chi connectivity index (χ2v) is 9.34. The molecule has 0 spiro atoms. The number of urea groups is 1. The van der Waals surface area contributed by atoms with Crippen molar-refractivity contribution in [3.8, 4) is 0 Å². The van der Waals surface area contributed by atoms with Gasteiger partial charge in [0.1, 0.15) is 0 Å². The molecule has 31 heavy (non-hydrogen) atoms. The standard InChI is InChI=1S/C22H17Cl2N3O3S/c23-17-8-6-16(7-9-17)21-20(15-4-2-1-3-5-15)14-27(25-21)22(28)26-31(29,30)19-12-10-18(24)11-13-19/h1-13,25H,14H2,(H,26,28). The molecule has 0 saturated heterocycles. The predicted octanol–water partition coefficient (Wildman–Crippen LogP) is 4.78. The van der Waals surface area contributed by atoms with Crippen LogP contribution in [-0.4, -0.2) is 26.0 Å². The van der Waals surface area contributed by atoms with E-state index in [0.717, 1.165) is 16.7 Å². The summed E-state index contributed by atoms with van der Waals surface area (Å²) in [4.78, 5) is 12.8. The Bertz CT molecular complexity index is 1240. The first-order valence-corrected chi connectivity index (χ1v) is 11.5. The first-order chi connectivity index (χ1) is 14.8. The number of carbonyl (C=O) groups excluding carboxylic acids is 1. The molecule has 0 atom stereocenters. The van der Waals surface area contributed by atoms with E-state index in [4.69, 9.17) is 23.2 Å². The van der Waals surface area contributed by atoms with Crippen LogP contribution in [0.1, 0.15) is 11.1 Å². The third kappa shape index (κ3) is 4.69. The maximum atomic E-state index is 12.8. The zero-order chi connectivity index (χ0) is 22.0. The molecule has 0 aromatic heterocycles. The van der Waals surface area contributed by atoms with Gasteiger partial charge in [0.05, 0.1) is 17.1 Å². The van der Waals surface area contributed by atoms with Crippen LogP contribution in [0.2, 0.25) is 10.0 Å². The van der Waals surface area contributed by atoms with Crippen LogP contribution in [-0.2, 0) is 10.0 Å². The molecule has 1 heterocycles. The number of halogens is 2. The molecule has 0 bridgehead atoms. The maximum absolute atomic E-state index is 12.8. The molecule has 1 aliphatic rings. The highest BCUT2D eigenvalue weighted by atomic mass is 35.5. The zero-order valence-electron chi connectivity index (χ0n) is 16.0. The van der Waals surface area contributed by atoms with E-state index in [1.165, 1.54) is 29.3 Å². The van der Waals surface area contributed by atoms with Gasteiger partial charge in [-0.25, -0.2) is 22.9 Å². The molecular weight excluding hydrogens is 457 g/mol. The number of nitrogens with one attached hydrogen (secondary N) is 2. The average Bonchev–Trinajstić information content (AvgIpc) is 3.21. The summed E-state index contributed by atoms with van der Waals surface area (Å²) in [5, 5.41) is 2.21. The number of benzene rings is 3. The van der Waals surface area contributed by atoms with Gasteiger partial charge in [0, 0.05) is 15.6 Å². The van der Waals surface area contributed by atoms with Crippen LogP contribution < -0.4 is 10.1 Å². The Morgan fingerprint density at radius 1 is 0.839 bits per heavy atom. The minimum Gasteiger partial charge on any atom is -0.293 e. The van der Waals surface area contributed by atoms with Crippen molar-refractivity contribution < 1.29 is 13.2 Å². The highest BCUT2D eigenvalue weighted by molar-refractivity contribution is 7.90. The molecule has 2 N–H and O–H groups in total. The summed E-state index contributed by atoms with van der Waals surface area (Å²) in [5.41, 5.74) is 6.31. The molecule has 4 rings (SSSR count). The van der Waals surface area contributed by atoms with Crippen molar-refractivity contribution in [3.05, 3.63) is 100 Å². The van der Waals surface area contributed by atoms with E-state index in [2.05, 4.69) is 10.1 Å². The molecule has 0 radical (unpaired) electrons. The van der Waals surface area contributed by atoms with Crippen LogP contribution in [0.3, 0.4) is 0 Å². The van der Waals surface area contributed by atoms with Gasteiger partial charge in [0.15, 0.2) is 0 Å². The van der Waals surface area contributed by atoms with Gasteiger partial charge in [-0.15, -0.1) is 0 Å². The average molecular weight is 474 g/mol. The van der Waals surface area contributed by atoms with Gasteiger partial charge in [-0.2, -0.15) is 0 Å². The van der Waals surface area contributed by atoms with Gasteiger partial charge in [0.2, 0.25) is 0 Å². The molecule has 0 unspecified atom stereocenters. The van der Waals surface area contributed by atoms with Crippen molar-refractivity contribution in [3.63, 3.8) is 0 Å². The Balaban J connectivity index is 1.60. The molecule has 1 aliphatic heterocycles. The van der Waals surface area contributed by atoms with Crippen molar-refractivity contribution in [2.75, 3.05) is 6.54 Å². The molecule has 2 amide bonds. The highest BCUT2D eigenvalue weighted by Crippen LogP contribution is 2.31. The number of amides is 2. The predicted molar refractivity (Wildman–Crippen MR) is 122 cm³/mol. The van der Waals surface area contributed by atoms with Gasteiger partial charge in [-0.3, -0.25) is 5.43 Å². The van der Waals surface area contributed by atoms with E-state index in [1.54, 1.807) is 12.1 Å². The second-order valence-electron chi connectivity index (χ2n) is 6.79. The minimum atomic E-state index is -4.06. The number of hydrogen-bond acceptors (Lipinski definition) is 4. The lowest BCUT2D eigenvalue weighted by Crippen LogP contribution is -2.46. The summed E-state index contributed by atoms with van der Waals surface area (Å²) in [6.07, 6.45) is 0. The van der Waals surface area contributed by atoms with E-state index in [9.17, 15) is 13.2 Å². The van der Waals surface area contributed by atoms with Crippen molar-refractivity contribution >= 4 is 50.5 Å². The first kappa shape index (κ1) is 21.2. The third-order valence-electron chi connectivity index (χ3n) is 4.71. The summed E-state index contributed by atoms with van der Waals surface area (Å²) in [6.45, 7) is 0.171. The van der Waals surface area contributed by atoms with Crippen molar-refractivity contribution in [2.24, 2.45) is 0 Å². The smallest absolute Gasteiger partial charge is 0.293 e. The largest absolute Gasteiger partial charge is 0.350 e. The summed E-state index contributed by atoms with van der Waals surface area (Å²) >= 11 is 11.8. The lowest BCUT2D eigenvalue weighted by Gasteiger charge is -2.19. The quantitative estimate of drug-likeness (QED) is 0.571. The molecule has 9 heteroatoms. The molecule has 158 valence electrons. The van der Waals surface area contributed by atoms with Crippen LogP contribution in [0.4, 0.5) is 4.79 Å². The van der Waals surface area contributed by atoms with Gasteiger partial charge in [0.25, 0.3) is 10.0 Å². The molecule has 6 nitrogen and oxygen atoms in total. The van der Waals surface area contributed by atoms with E-state index in [0.29, 0.717) is 15.7 Å². The van der Waals surface area contributed by atoms with Crippen LogP contribution in [0.5, 0.6) is 0 Å². The van der Waals surface area contributed by atoms with Crippen LogP contribution in [0.15, 0.2) is 83.8 Å². The number of sulfonamides is 1. The fraction of sp³-hybridized carbons (Fsp3) is 0.0455. The van der Waals surface area contributed by atoms with Crippen molar-refractivity contribution in [1.82, 2.24) is 15.2 Å². The van der Waals surface area contributed by atoms with Gasteiger partial charge in [-0.05, 0) is 47.5 Å². The summed E-state index contributed by atoms with van der Waals surface area (Å²) in [7, 11) is -4.06. The minimum absolute atomic E-state index is 0.0568. The Labute approximate surface area is 190 Å². The molecule has 0 aliphatic carbocycles. The van der Waals surface area contributed by atoms with Gasteiger partial charge >= 0.3 is 6.03 Å². The number of nitrogens with zero attached hydrogens (tertiary/aromatic N) is 1.